The van der Waals surface area contributed by atoms with Crippen LogP contribution in [0.3, 0.4) is 0 Å². The Morgan fingerprint density at radius 2 is 1.43 bits per heavy atom. The molecule has 1 aliphatic rings. The number of para-hydroxylation sites is 1. The number of carbonyl (C=O) groups is 3. The monoisotopic (exact) mass is 583 g/mol. The molecular formula is C30H31Cl2N3O5. The van der Waals surface area contributed by atoms with E-state index in [1.165, 1.54) is 0 Å². The van der Waals surface area contributed by atoms with Crippen molar-refractivity contribution >= 4 is 46.7 Å². The van der Waals surface area contributed by atoms with E-state index in [2.05, 4.69) is 16.2 Å². The summed E-state index contributed by atoms with van der Waals surface area (Å²) in [7, 11) is 0. The summed E-state index contributed by atoms with van der Waals surface area (Å²) in [4.78, 5) is 37.3. The lowest BCUT2D eigenvalue weighted by molar-refractivity contribution is -0.142. The Kier molecular flexibility index (Phi) is 10.3. The van der Waals surface area contributed by atoms with Crippen molar-refractivity contribution in [3.8, 4) is 5.75 Å². The van der Waals surface area contributed by atoms with Gasteiger partial charge in [0.1, 0.15) is 18.4 Å². The van der Waals surface area contributed by atoms with Gasteiger partial charge in [-0.25, -0.2) is 4.79 Å². The van der Waals surface area contributed by atoms with E-state index < -0.39 is 12.0 Å². The third kappa shape index (κ3) is 8.13. The molecule has 0 heterocycles. The van der Waals surface area contributed by atoms with Gasteiger partial charge in [0, 0.05) is 33.9 Å². The number of anilines is 1. The number of hydrazine groups is 1. The highest BCUT2D eigenvalue weighted by molar-refractivity contribution is 6.35. The Bertz CT molecular complexity index is 1290. The van der Waals surface area contributed by atoms with Gasteiger partial charge in [-0.1, -0.05) is 59.6 Å². The molecule has 1 aliphatic carbocycles. The minimum absolute atomic E-state index is 0.117. The van der Waals surface area contributed by atoms with Crippen LogP contribution in [0.2, 0.25) is 10.0 Å². The van der Waals surface area contributed by atoms with E-state index >= 15 is 0 Å². The van der Waals surface area contributed by atoms with Crippen LogP contribution in [-0.4, -0.2) is 28.9 Å². The lowest BCUT2D eigenvalue weighted by Crippen LogP contribution is -2.46. The van der Waals surface area contributed by atoms with Crippen LogP contribution in [0.25, 0.3) is 0 Å². The van der Waals surface area contributed by atoms with Gasteiger partial charge in [0.25, 0.3) is 0 Å². The number of ether oxygens (including phenoxy) is 1. The van der Waals surface area contributed by atoms with Crippen molar-refractivity contribution in [1.82, 2.24) is 10.7 Å². The lowest BCUT2D eigenvalue weighted by Gasteiger charge is -2.28. The highest BCUT2D eigenvalue weighted by Crippen LogP contribution is 2.30. The van der Waals surface area contributed by atoms with Crippen LogP contribution in [0, 0.1) is 11.8 Å². The van der Waals surface area contributed by atoms with Crippen molar-refractivity contribution in [2.45, 2.75) is 44.8 Å². The summed E-state index contributed by atoms with van der Waals surface area (Å²) in [6, 6.07) is 20.5. The number of rotatable bonds is 11. The van der Waals surface area contributed by atoms with E-state index in [0.29, 0.717) is 47.0 Å². The number of carbonyl (C=O) groups excluding carboxylic acids is 2. The molecule has 0 aromatic heterocycles. The normalized spacial score (nSPS) is 17.4. The van der Waals surface area contributed by atoms with Crippen molar-refractivity contribution in [3.63, 3.8) is 0 Å². The van der Waals surface area contributed by atoms with Crippen molar-refractivity contribution in [3.05, 3.63) is 94.0 Å². The summed E-state index contributed by atoms with van der Waals surface area (Å²) in [6.07, 6.45) is 2.27. The topological polar surface area (TPSA) is 117 Å². The van der Waals surface area contributed by atoms with E-state index in [-0.39, 0.29) is 36.7 Å². The first-order chi connectivity index (χ1) is 19.3. The number of benzene rings is 3. The van der Waals surface area contributed by atoms with Crippen molar-refractivity contribution in [1.29, 1.82) is 0 Å². The van der Waals surface area contributed by atoms with E-state index in [1.807, 2.05) is 30.3 Å². The summed E-state index contributed by atoms with van der Waals surface area (Å²) in [6.45, 7) is 0.194. The number of carboxylic acid groups (broad SMARTS) is 1. The molecule has 4 rings (SSSR count). The van der Waals surface area contributed by atoms with Gasteiger partial charge in [0.15, 0.2) is 0 Å². The van der Waals surface area contributed by atoms with Crippen molar-refractivity contribution in [2.24, 2.45) is 11.8 Å². The van der Waals surface area contributed by atoms with E-state index in [0.717, 1.165) is 11.3 Å². The summed E-state index contributed by atoms with van der Waals surface area (Å²) < 4.78 is 5.78. The fourth-order valence-electron chi connectivity index (χ4n) is 4.65. The second kappa shape index (κ2) is 14.1. The Hall–Kier alpha value is -3.75. The fourth-order valence-corrected chi connectivity index (χ4v) is 5.15. The average Bonchev–Trinajstić information content (AvgIpc) is 2.96. The van der Waals surface area contributed by atoms with Crippen LogP contribution < -0.4 is 20.9 Å². The highest BCUT2D eigenvalue weighted by Gasteiger charge is 2.32. The molecule has 0 bridgehead atoms. The van der Waals surface area contributed by atoms with Gasteiger partial charge in [-0.15, -0.1) is 0 Å². The van der Waals surface area contributed by atoms with Crippen LogP contribution in [0.1, 0.15) is 36.8 Å². The second-order valence-corrected chi connectivity index (χ2v) is 10.6. The first-order valence-electron chi connectivity index (χ1n) is 13.1. The molecule has 210 valence electrons. The number of aliphatic carboxylic acids is 1. The van der Waals surface area contributed by atoms with Gasteiger partial charge in [-0.05, 0) is 67.6 Å². The van der Waals surface area contributed by atoms with E-state index in [1.54, 1.807) is 42.5 Å². The first-order valence-corrected chi connectivity index (χ1v) is 13.8. The standard InChI is InChI=1S/C30H31Cl2N3O5/c31-25-7-4-8-26(32)24(25)18-40-23-15-9-19(10-16-23)17-27(30(38)39)33-28(36)20-11-13-21(14-12-20)29(37)35-34-22-5-2-1-3-6-22/h1-10,15-16,20-21,27,34H,11-14,17-18H2,(H,33,36)(H,35,37)(H,38,39)/t20-,21-,27-/m0/s1. The van der Waals surface area contributed by atoms with Gasteiger partial charge in [0.05, 0.1) is 5.69 Å². The van der Waals surface area contributed by atoms with E-state index in [9.17, 15) is 19.5 Å². The quantitative estimate of drug-likeness (QED) is 0.217. The third-order valence-electron chi connectivity index (χ3n) is 7.00. The van der Waals surface area contributed by atoms with Gasteiger partial charge >= 0.3 is 5.97 Å². The average molecular weight is 585 g/mol. The molecule has 0 saturated heterocycles. The van der Waals surface area contributed by atoms with Gasteiger partial charge in [-0.2, -0.15) is 0 Å². The van der Waals surface area contributed by atoms with Crippen LogP contribution in [-0.2, 0) is 27.4 Å². The summed E-state index contributed by atoms with van der Waals surface area (Å²) in [5.41, 5.74) is 7.83. The zero-order chi connectivity index (χ0) is 28.5. The first kappa shape index (κ1) is 29.2. The number of hydrogen-bond donors (Lipinski definition) is 4. The van der Waals surface area contributed by atoms with Crippen molar-refractivity contribution < 1.29 is 24.2 Å². The minimum atomic E-state index is -1.11. The molecule has 8 nitrogen and oxygen atoms in total. The smallest absolute Gasteiger partial charge is 0.326 e. The predicted octanol–water partition coefficient (Wildman–Crippen LogP) is 5.63. The Morgan fingerprint density at radius 1 is 0.825 bits per heavy atom. The van der Waals surface area contributed by atoms with Crippen LogP contribution in [0.15, 0.2) is 72.8 Å². The molecule has 4 N–H and O–H groups in total. The maximum atomic E-state index is 12.9. The summed E-state index contributed by atoms with van der Waals surface area (Å²) in [5, 5.41) is 13.5. The molecule has 1 saturated carbocycles. The van der Waals surface area contributed by atoms with E-state index in [4.69, 9.17) is 27.9 Å². The molecule has 3 aromatic rings. The van der Waals surface area contributed by atoms with Crippen LogP contribution in [0.5, 0.6) is 5.75 Å². The molecule has 1 atom stereocenters. The zero-order valence-electron chi connectivity index (χ0n) is 21.7. The van der Waals surface area contributed by atoms with Crippen molar-refractivity contribution in [2.75, 3.05) is 5.43 Å². The third-order valence-corrected chi connectivity index (χ3v) is 7.70. The highest BCUT2D eigenvalue weighted by atomic mass is 35.5. The fraction of sp³-hybridized carbons (Fsp3) is 0.300. The molecule has 2 amide bonds. The van der Waals surface area contributed by atoms with Crippen LogP contribution >= 0.6 is 23.2 Å². The summed E-state index contributed by atoms with van der Waals surface area (Å²) >= 11 is 12.4. The Balaban J connectivity index is 1.24. The largest absolute Gasteiger partial charge is 0.489 e. The number of hydrogen-bond acceptors (Lipinski definition) is 5. The lowest BCUT2D eigenvalue weighted by atomic mass is 9.81. The maximum absolute atomic E-state index is 12.9. The Morgan fingerprint density at radius 3 is 2.02 bits per heavy atom. The minimum Gasteiger partial charge on any atom is -0.489 e. The number of halogens is 2. The molecule has 3 aromatic carbocycles. The molecule has 40 heavy (non-hydrogen) atoms. The van der Waals surface area contributed by atoms with Gasteiger partial charge in [0.2, 0.25) is 11.8 Å². The molecular weight excluding hydrogens is 553 g/mol. The zero-order valence-corrected chi connectivity index (χ0v) is 23.3. The Labute approximate surface area is 243 Å². The summed E-state index contributed by atoms with van der Waals surface area (Å²) in [5.74, 6) is -1.48. The molecule has 1 fully saturated rings. The number of amides is 2. The second-order valence-electron chi connectivity index (χ2n) is 9.77. The molecule has 0 unspecified atom stereocenters. The molecule has 0 aliphatic heterocycles. The molecule has 0 spiro atoms. The SMILES string of the molecule is O=C(O)[C@H](Cc1ccc(OCc2c(Cl)cccc2Cl)cc1)NC(=O)[C@H]1CC[C@H](C(=O)NNc2ccccc2)CC1. The van der Waals surface area contributed by atoms with Gasteiger partial charge in [-0.3, -0.25) is 20.4 Å². The number of carboxylic acids is 1. The molecule has 10 heteroatoms. The maximum Gasteiger partial charge on any atom is 0.326 e. The van der Waals surface area contributed by atoms with Gasteiger partial charge < -0.3 is 15.2 Å². The molecule has 0 radical (unpaired) electrons. The predicted molar refractivity (Wildman–Crippen MR) is 154 cm³/mol. The van der Waals surface area contributed by atoms with Crippen LogP contribution in [0.4, 0.5) is 5.69 Å². The number of nitrogens with one attached hydrogen (secondary N) is 3.